The lowest BCUT2D eigenvalue weighted by atomic mass is 10.2. The van der Waals surface area contributed by atoms with Crippen LogP contribution in [-0.4, -0.2) is 40.9 Å². The minimum absolute atomic E-state index is 0.113. The van der Waals surface area contributed by atoms with E-state index in [-0.39, 0.29) is 17.9 Å². The van der Waals surface area contributed by atoms with Gasteiger partial charge in [-0.05, 0) is 44.1 Å². The van der Waals surface area contributed by atoms with Gasteiger partial charge in [-0.2, -0.15) is 16.7 Å². The molecule has 1 aliphatic carbocycles. The van der Waals surface area contributed by atoms with Crippen LogP contribution in [0, 0.1) is 5.92 Å². The summed E-state index contributed by atoms with van der Waals surface area (Å²) in [6, 6.07) is 3.75. The Bertz CT molecular complexity index is 436. The van der Waals surface area contributed by atoms with Crippen molar-refractivity contribution >= 4 is 23.3 Å². The fourth-order valence-electron chi connectivity index (χ4n) is 1.89. The minimum Gasteiger partial charge on any atom is -0.476 e. The van der Waals surface area contributed by atoms with Crippen LogP contribution in [0.4, 0.5) is 11.5 Å². The largest absolute Gasteiger partial charge is 0.476 e. The smallest absolute Gasteiger partial charge is 0.239 e. The van der Waals surface area contributed by atoms with Gasteiger partial charge in [0, 0.05) is 11.3 Å². The lowest BCUT2D eigenvalue weighted by molar-refractivity contribution is 0.287. The van der Waals surface area contributed by atoms with Crippen molar-refractivity contribution in [3.8, 4) is 5.88 Å². The van der Waals surface area contributed by atoms with E-state index in [9.17, 15) is 5.11 Å². The van der Waals surface area contributed by atoms with Crippen molar-refractivity contribution in [2.24, 2.45) is 5.92 Å². The van der Waals surface area contributed by atoms with Crippen molar-refractivity contribution in [3.05, 3.63) is 12.1 Å². The first kappa shape index (κ1) is 15.3. The summed E-state index contributed by atoms with van der Waals surface area (Å²) < 4.78 is 5.67. The number of hydrogen-bond donors (Lipinski definition) is 3. The fraction of sp³-hybridized carbons (Fsp3) is 0.643. The number of anilines is 2. The number of hydrogen-bond acceptors (Lipinski definition) is 6. The number of nitrogens with two attached hydrogens (primary N) is 1. The second-order valence-electron chi connectivity index (χ2n) is 5.23. The molecule has 2 rings (SSSR count). The van der Waals surface area contributed by atoms with Crippen LogP contribution >= 0.6 is 11.8 Å². The van der Waals surface area contributed by atoms with Crippen molar-refractivity contribution in [1.82, 2.24) is 4.98 Å². The average molecular weight is 297 g/mol. The molecule has 1 heterocycles. The molecule has 20 heavy (non-hydrogen) atoms. The Balaban J connectivity index is 1.98. The molecular weight excluding hydrogens is 274 g/mol. The first-order chi connectivity index (χ1) is 9.63. The number of ether oxygens (including phenoxy) is 1. The molecule has 4 N–H and O–H groups in total. The van der Waals surface area contributed by atoms with Gasteiger partial charge in [-0.1, -0.05) is 0 Å². The molecule has 0 amide bonds. The van der Waals surface area contributed by atoms with Crippen LogP contribution in [0.25, 0.3) is 0 Å². The van der Waals surface area contributed by atoms with E-state index in [1.54, 1.807) is 17.8 Å². The van der Waals surface area contributed by atoms with E-state index in [0.29, 0.717) is 24.1 Å². The Morgan fingerprint density at radius 1 is 1.55 bits per heavy atom. The maximum atomic E-state index is 9.30. The quantitative estimate of drug-likeness (QED) is 0.681. The minimum atomic E-state index is 0.113. The number of rotatable bonds is 8. The van der Waals surface area contributed by atoms with Gasteiger partial charge in [0.1, 0.15) is 5.82 Å². The third-order valence-electron chi connectivity index (χ3n) is 3.46. The third kappa shape index (κ3) is 4.18. The molecule has 0 spiro atoms. The highest BCUT2D eigenvalue weighted by Crippen LogP contribution is 2.30. The first-order valence-electron chi connectivity index (χ1n) is 6.93. The van der Waals surface area contributed by atoms with Crippen LogP contribution in [-0.2, 0) is 0 Å². The van der Waals surface area contributed by atoms with E-state index in [0.717, 1.165) is 5.82 Å². The number of nitrogen functional groups attached to an aromatic ring is 1. The summed E-state index contributed by atoms with van der Waals surface area (Å²) >= 11 is 1.63. The van der Waals surface area contributed by atoms with Crippen LogP contribution in [0.15, 0.2) is 12.1 Å². The molecule has 5 nitrogen and oxygen atoms in total. The fourth-order valence-corrected chi connectivity index (χ4v) is 2.52. The highest BCUT2D eigenvalue weighted by molar-refractivity contribution is 7.99. The van der Waals surface area contributed by atoms with Crippen LogP contribution in [0.1, 0.15) is 19.8 Å². The van der Waals surface area contributed by atoms with Gasteiger partial charge in [-0.25, -0.2) is 0 Å². The summed E-state index contributed by atoms with van der Waals surface area (Å²) in [5.41, 5.74) is 6.44. The van der Waals surface area contributed by atoms with E-state index < -0.39 is 0 Å². The Morgan fingerprint density at radius 2 is 2.30 bits per heavy atom. The molecule has 112 valence electrons. The summed E-state index contributed by atoms with van der Waals surface area (Å²) in [4.78, 5) is 4.41. The Kier molecular flexibility index (Phi) is 5.37. The molecule has 0 saturated heterocycles. The molecule has 0 bridgehead atoms. The molecule has 1 aromatic heterocycles. The highest BCUT2D eigenvalue weighted by atomic mass is 32.2. The lowest BCUT2D eigenvalue weighted by Crippen LogP contribution is -2.31. The average Bonchev–Trinajstić information content (AvgIpc) is 3.25. The summed E-state index contributed by atoms with van der Waals surface area (Å²) in [7, 11) is 0. The van der Waals surface area contributed by atoms with Crippen molar-refractivity contribution in [3.63, 3.8) is 0 Å². The Morgan fingerprint density at radius 3 is 2.90 bits per heavy atom. The summed E-state index contributed by atoms with van der Waals surface area (Å²) in [6.07, 6.45) is 4.46. The van der Waals surface area contributed by atoms with Gasteiger partial charge >= 0.3 is 0 Å². The molecule has 2 atom stereocenters. The zero-order valence-corrected chi connectivity index (χ0v) is 12.8. The van der Waals surface area contributed by atoms with E-state index in [2.05, 4.69) is 10.3 Å². The Hall–Kier alpha value is -1.14. The van der Waals surface area contributed by atoms with Crippen LogP contribution in [0.5, 0.6) is 5.88 Å². The van der Waals surface area contributed by atoms with Gasteiger partial charge in [-0.3, -0.25) is 0 Å². The number of aromatic nitrogens is 1. The van der Waals surface area contributed by atoms with E-state index in [1.165, 1.54) is 12.8 Å². The zero-order chi connectivity index (χ0) is 14.5. The van der Waals surface area contributed by atoms with Crippen molar-refractivity contribution in [2.45, 2.75) is 31.1 Å². The maximum Gasteiger partial charge on any atom is 0.239 e. The van der Waals surface area contributed by atoms with Crippen LogP contribution in [0.2, 0.25) is 0 Å². The summed E-state index contributed by atoms with van der Waals surface area (Å²) in [5.74, 6) is 1.89. The molecule has 0 radical (unpaired) electrons. The van der Waals surface area contributed by atoms with E-state index >= 15 is 0 Å². The third-order valence-corrected chi connectivity index (χ3v) is 4.62. The predicted octanol–water partition coefficient (Wildman–Crippen LogP) is 1.98. The number of nitrogens with zero attached hydrogens (tertiary/aromatic N) is 1. The number of thioether (sulfide) groups is 1. The molecular formula is C14H23N3O2S. The molecule has 6 heteroatoms. The van der Waals surface area contributed by atoms with Crippen LogP contribution < -0.4 is 15.8 Å². The molecule has 1 aliphatic rings. The number of aliphatic hydroxyl groups is 1. The predicted molar refractivity (Wildman–Crippen MR) is 84.3 cm³/mol. The molecule has 1 fully saturated rings. The highest BCUT2D eigenvalue weighted by Gasteiger charge is 2.23. The normalized spacial score (nSPS) is 17.6. The second kappa shape index (κ2) is 7.04. The standard InChI is InChI=1S/C14H23N3O2S/c1-9(12(7-18)20-2)16-13-6-5-11(15)14(17-13)19-8-10-3-4-10/h5-6,9-10,12,18H,3-4,7-8,15H2,1-2H3,(H,16,17). The first-order valence-corrected chi connectivity index (χ1v) is 8.22. The second-order valence-corrected chi connectivity index (χ2v) is 6.31. The molecule has 1 saturated carbocycles. The SMILES string of the molecule is CSC(CO)C(C)Nc1ccc(N)c(OCC2CC2)n1. The monoisotopic (exact) mass is 297 g/mol. The van der Waals surface area contributed by atoms with Crippen LogP contribution in [0.3, 0.4) is 0 Å². The Labute approximate surface area is 124 Å². The molecule has 1 aromatic rings. The number of pyridine rings is 1. The van der Waals surface area contributed by atoms with Gasteiger partial charge in [0.05, 0.1) is 18.9 Å². The number of nitrogens with one attached hydrogen (secondary N) is 1. The van der Waals surface area contributed by atoms with Gasteiger partial charge in [-0.15, -0.1) is 0 Å². The topological polar surface area (TPSA) is 80.4 Å². The van der Waals surface area contributed by atoms with Crippen molar-refractivity contribution in [2.75, 3.05) is 30.5 Å². The van der Waals surface area contributed by atoms with E-state index in [4.69, 9.17) is 10.5 Å². The van der Waals surface area contributed by atoms with Gasteiger partial charge in [0.15, 0.2) is 0 Å². The zero-order valence-electron chi connectivity index (χ0n) is 12.0. The molecule has 2 unspecified atom stereocenters. The molecule has 0 aliphatic heterocycles. The van der Waals surface area contributed by atoms with Crippen molar-refractivity contribution < 1.29 is 9.84 Å². The maximum absolute atomic E-state index is 9.30. The van der Waals surface area contributed by atoms with Gasteiger partial charge in [0.2, 0.25) is 5.88 Å². The number of aliphatic hydroxyl groups excluding tert-OH is 1. The van der Waals surface area contributed by atoms with Crippen molar-refractivity contribution in [1.29, 1.82) is 0 Å². The lowest BCUT2D eigenvalue weighted by Gasteiger charge is -2.22. The van der Waals surface area contributed by atoms with Gasteiger partial charge < -0.3 is 20.9 Å². The van der Waals surface area contributed by atoms with Gasteiger partial charge in [0.25, 0.3) is 0 Å². The molecule has 0 aromatic carbocycles. The van der Waals surface area contributed by atoms with E-state index in [1.807, 2.05) is 19.2 Å². The summed E-state index contributed by atoms with van der Waals surface area (Å²) in [5, 5.41) is 12.7. The summed E-state index contributed by atoms with van der Waals surface area (Å²) in [6.45, 7) is 2.86.